The SMILES string of the molecule is C=CCCNC(=O)C(=O)C(CCC=C)NC(=O)[C@@H]1[C@@H]2[C@H](CN1C(=O)[C@@H](NC(=O)NC1CC3CCC1C3)C(C)(C)C)C2(C)C. The largest absolute Gasteiger partial charge is 0.349 e. The van der Waals surface area contributed by atoms with Crippen LogP contribution >= 0.6 is 0 Å². The Labute approximate surface area is 256 Å². The summed E-state index contributed by atoms with van der Waals surface area (Å²) in [4.78, 5) is 68.5. The maximum Gasteiger partial charge on any atom is 0.315 e. The molecule has 0 spiro atoms. The normalized spacial score (nSPS) is 29.6. The minimum Gasteiger partial charge on any atom is -0.349 e. The molecule has 3 aliphatic carbocycles. The third-order valence-corrected chi connectivity index (χ3v) is 10.4. The van der Waals surface area contributed by atoms with Gasteiger partial charge < -0.3 is 26.2 Å². The van der Waals surface area contributed by atoms with Gasteiger partial charge in [0.05, 0.1) is 6.04 Å². The summed E-state index contributed by atoms with van der Waals surface area (Å²) in [6, 6.07) is -2.93. The average molecular weight is 598 g/mol. The van der Waals surface area contributed by atoms with E-state index < -0.39 is 41.1 Å². The Kier molecular flexibility index (Phi) is 9.76. The summed E-state index contributed by atoms with van der Waals surface area (Å²) in [7, 11) is 0. The van der Waals surface area contributed by atoms with Gasteiger partial charge in [0.1, 0.15) is 12.1 Å². The molecule has 4 fully saturated rings. The van der Waals surface area contributed by atoms with Crippen LogP contribution in [0.25, 0.3) is 0 Å². The summed E-state index contributed by atoms with van der Waals surface area (Å²) in [5.74, 6) is -1.04. The monoisotopic (exact) mass is 597 g/mol. The molecule has 10 heteroatoms. The summed E-state index contributed by atoms with van der Waals surface area (Å²) in [6.45, 7) is 17.9. The van der Waals surface area contributed by atoms with E-state index >= 15 is 0 Å². The van der Waals surface area contributed by atoms with Gasteiger partial charge in [-0.05, 0) is 73.0 Å². The summed E-state index contributed by atoms with van der Waals surface area (Å²) >= 11 is 0. The van der Waals surface area contributed by atoms with Gasteiger partial charge >= 0.3 is 6.03 Å². The van der Waals surface area contributed by atoms with E-state index in [0.717, 1.165) is 19.3 Å². The number of hydrogen-bond donors (Lipinski definition) is 4. The minimum atomic E-state index is -1.05. The second-order valence-corrected chi connectivity index (χ2v) is 14.7. The van der Waals surface area contributed by atoms with Crippen LogP contribution in [0.2, 0.25) is 0 Å². The smallest absolute Gasteiger partial charge is 0.315 e. The number of urea groups is 1. The van der Waals surface area contributed by atoms with Crippen LogP contribution in [-0.4, -0.2) is 71.7 Å². The fraction of sp³-hybridized carbons (Fsp3) is 0.727. The number of allylic oxidation sites excluding steroid dienone is 1. The maximum absolute atomic E-state index is 14.2. The predicted octanol–water partition coefficient (Wildman–Crippen LogP) is 3.08. The standard InChI is InChI=1S/C33H51N5O5/c1-8-10-12-22(26(39)29(41)34-15-11-9-2)35-28(40)25-24-21(33(24,6)7)18-38(25)30(42)27(32(3,4)5)37-31(43)36-23-17-19-13-14-20(23)16-19/h8-9,19-25,27H,1-2,10-18H2,3-7H3,(H,34,41)(H,35,40)(H2,36,37,43)/t19?,20?,21-,22?,23?,24-,25-,27+/m0/s1. The van der Waals surface area contributed by atoms with Crippen LogP contribution in [0.3, 0.4) is 0 Å². The minimum absolute atomic E-state index is 0.0866. The lowest BCUT2D eigenvalue weighted by Gasteiger charge is -2.38. The molecule has 10 nitrogen and oxygen atoms in total. The number of rotatable bonds is 13. The van der Waals surface area contributed by atoms with Crippen LogP contribution in [0.5, 0.6) is 0 Å². The first-order valence-electron chi connectivity index (χ1n) is 15.9. The van der Waals surface area contributed by atoms with E-state index in [2.05, 4.69) is 48.3 Å². The van der Waals surface area contributed by atoms with Crippen molar-refractivity contribution in [1.82, 2.24) is 26.2 Å². The number of amides is 5. The van der Waals surface area contributed by atoms with Gasteiger partial charge in [0.15, 0.2) is 0 Å². The van der Waals surface area contributed by atoms with Crippen molar-refractivity contribution < 1.29 is 24.0 Å². The van der Waals surface area contributed by atoms with Crippen LogP contribution in [0.15, 0.2) is 25.3 Å². The molecule has 2 bridgehead atoms. The van der Waals surface area contributed by atoms with Crippen molar-refractivity contribution in [2.75, 3.05) is 13.1 Å². The number of ketones is 1. The van der Waals surface area contributed by atoms with Gasteiger partial charge in [0.2, 0.25) is 17.6 Å². The summed E-state index contributed by atoms with van der Waals surface area (Å²) < 4.78 is 0. The van der Waals surface area contributed by atoms with Gasteiger partial charge in [0, 0.05) is 19.1 Å². The van der Waals surface area contributed by atoms with Crippen molar-refractivity contribution in [3.8, 4) is 0 Å². The van der Waals surface area contributed by atoms with Crippen molar-refractivity contribution >= 4 is 29.5 Å². The molecule has 4 aliphatic rings. The highest BCUT2D eigenvalue weighted by atomic mass is 16.2. The van der Waals surface area contributed by atoms with Gasteiger partial charge in [-0.15, -0.1) is 13.2 Å². The molecule has 4 unspecified atom stereocenters. The van der Waals surface area contributed by atoms with E-state index in [0.29, 0.717) is 31.2 Å². The van der Waals surface area contributed by atoms with Crippen LogP contribution in [-0.2, 0) is 19.2 Å². The summed E-state index contributed by atoms with van der Waals surface area (Å²) in [5.41, 5.74) is -0.760. The molecule has 4 N–H and O–H groups in total. The summed E-state index contributed by atoms with van der Waals surface area (Å²) in [6.07, 6.45) is 8.93. The number of nitrogens with zero attached hydrogens (tertiary/aromatic N) is 1. The number of fused-ring (bicyclic) bond motifs is 3. The van der Waals surface area contributed by atoms with Crippen molar-refractivity contribution in [1.29, 1.82) is 0 Å². The molecule has 8 atom stereocenters. The zero-order valence-corrected chi connectivity index (χ0v) is 26.5. The van der Waals surface area contributed by atoms with Crippen molar-refractivity contribution in [3.05, 3.63) is 25.3 Å². The molecular formula is C33H51N5O5. The first-order valence-corrected chi connectivity index (χ1v) is 15.9. The highest BCUT2D eigenvalue weighted by Crippen LogP contribution is 2.65. The third-order valence-electron chi connectivity index (χ3n) is 10.4. The molecule has 4 rings (SSSR count). The second kappa shape index (κ2) is 12.8. The van der Waals surface area contributed by atoms with E-state index in [1.165, 1.54) is 6.42 Å². The highest BCUT2D eigenvalue weighted by molar-refractivity contribution is 6.38. The number of carbonyl (C=O) groups is 5. The Bertz CT molecular complexity index is 1140. The first kappa shape index (κ1) is 32.7. The van der Waals surface area contributed by atoms with Gasteiger partial charge in [-0.3, -0.25) is 19.2 Å². The van der Waals surface area contributed by atoms with Gasteiger partial charge in [-0.2, -0.15) is 0 Å². The van der Waals surface area contributed by atoms with Crippen LogP contribution in [0.1, 0.15) is 79.6 Å². The van der Waals surface area contributed by atoms with Crippen molar-refractivity contribution in [3.63, 3.8) is 0 Å². The Balaban J connectivity index is 1.49. The molecule has 1 heterocycles. The molecule has 0 radical (unpaired) electrons. The zero-order chi connectivity index (χ0) is 31.7. The molecule has 43 heavy (non-hydrogen) atoms. The highest BCUT2D eigenvalue weighted by Gasteiger charge is 2.70. The Morgan fingerprint density at radius 2 is 1.70 bits per heavy atom. The quantitative estimate of drug-likeness (QED) is 0.147. The molecule has 1 saturated heterocycles. The molecule has 1 aliphatic heterocycles. The van der Waals surface area contributed by atoms with Crippen LogP contribution < -0.4 is 21.3 Å². The predicted molar refractivity (Wildman–Crippen MR) is 165 cm³/mol. The number of likely N-dealkylation sites (tertiary alicyclic amines) is 1. The number of hydrogen-bond acceptors (Lipinski definition) is 5. The molecule has 238 valence electrons. The number of carbonyl (C=O) groups excluding carboxylic acids is 5. The molecule has 0 aromatic rings. The van der Waals surface area contributed by atoms with Gasteiger partial charge in [-0.25, -0.2) is 4.79 Å². The average Bonchev–Trinajstić information content (AvgIpc) is 3.46. The van der Waals surface area contributed by atoms with Gasteiger partial charge in [0.25, 0.3) is 5.91 Å². The molecule has 0 aromatic heterocycles. The van der Waals surface area contributed by atoms with Crippen molar-refractivity contribution in [2.45, 2.75) is 104 Å². The molecule has 5 amide bonds. The van der Waals surface area contributed by atoms with Crippen LogP contribution in [0, 0.1) is 34.5 Å². The Morgan fingerprint density at radius 1 is 1.00 bits per heavy atom. The topological polar surface area (TPSA) is 137 Å². The zero-order valence-electron chi connectivity index (χ0n) is 26.5. The lowest BCUT2D eigenvalue weighted by Crippen LogP contribution is -2.62. The van der Waals surface area contributed by atoms with E-state index in [1.54, 1.807) is 17.1 Å². The van der Waals surface area contributed by atoms with Crippen LogP contribution in [0.4, 0.5) is 4.79 Å². The van der Waals surface area contributed by atoms with E-state index in [-0.39, 0.29) is 48.2 Å². The van der Waals surface area contributed by atoms with Crippen molar-refractivity contribution in [2.24, 2.45) is 34.5 Å². The third kappa shape index (κ3) is 6.99. The molecule has 3 saturated carbocycles. The number of Topliss-reactive ketones (excluding diaryl/α,β-unsaturated/α-hetero) is 1. The lowest BCUT2D eigenvalue weighted by molar-refractivity contribution is -0.145. The Hall–Kier alpha value is -3.17. The Morgan fingerprint density at radius 3 is 2.28 bits per heavy atom. The van der Waals surface area contributed by atoms with E-state index in [9.17, 15) is 24.0 Å². The fourth-order valence-electron chi connectivity index (χ4n) is 7.73. The lowest BCUT2D eigenvalue weighted by atomic mass is 9.85. The fourth-order valence-corrected chi connectivity index (χ4v) is 7.73. The first-order chi connectivity index (χ1) is 20.2. The summed E-state index contributed by atoms with van der Waals surface area (Å²) in [5, 5.41) is 11.5. The van der Waals surface area contributed by atoms with E-state index in [4.69, 9.17) is 0 Å². The maximum atomic E-state index is 14.2. The number of piperidine rings is 1. The second-order valence-electron chi connectivity index (χ2n) is 14.7. The van der Waals surface area contributed by atoms with Gasteiger partial charge in [-0.1, -0.05) is 53.2 Å². The molecule has 0 aromatic carbocycles. The number of nitrogens with one attached hydrogen (secondary N) is 4. The van der Waals surface area contributed by atoms with E-state index in [1.807, 2.05) is 20.8 Å². The molecular weight excluding hydrogens is 546 g/mol.